The molecule has 0 bridgehead atoms. The minimum absolute atomic E-state index is 0.146. The van der Waals surface area contributed by atoms with Gasteiger partial charge in [-0.3, -0.25) is 0 Å². The number of hydrazine groups is 1. The van der Waals surface area contributed by atoms with Gasteiger partial charge in [0.25, 0.3) is 0 Å². The van der Waals surface area contributed by atoms with Crippen molar-refractivity contribution in [3.63, 3.8) is 0 Å². The van der Waals surface area contributed by atoms with Crippen molar-refractivity contribution in [3.8, 4) is 0 Å². The molecule has 0 atom stereocenters. The second-order valence-electron chi connectivity index (χ2n) is 1.74. The molecule has 0 aromatic heterocycles. The van der Waals surface area contributed by atoms with Crippen LogP contribution in [0, 0.1) is 0 Å². The van der Waals surface area contributed by atoms with Gasteiger partial charge in [-0.15, -0.1) is 16.9 Å². The fraction of sp³-hybridized carbons (Fsp3) is 0.400. The van der Waals surface area contributed by atoms with E-state index in [9.17, 15) is 8.87 Å². The van der Waals surface area contributed by atoms with E-state index in [0.29, 0.717) is 5.04 Å². The number of halogens is 2. The maximum Gasteiger partial charge on any atom is 0.211 e. The van der Waals surface area contributed by atoms with Crippen LogP contribution < -0.4 is 5.43 Å². The van der Waals surface area contributed by atoms with E-state index >= 15 is 0 Å². The quantitative estimate of drug-likeness (QED) is 0.489. The van der Waals surface area contributed by atoms with Gasteiger partial charge in [-0.25, -0.2) is 5.43 Å². The van der Waals surface area contributed by atoms with E-state index in [2.05, 4.69) is 5.10 Å². The van der Waals surface area contributed by atoms with Gasteiger partial charge in [0.15, 0.2) is 0 Å². The van der Waals surface area contributed by atoms with Crippen LogP contribution in [0.25, 0.3) is 0 Å². The van der Waals surface area contributed by atoms with Crippen molar-refractivity contribution in [1.82, 2.24) is 10.8 Å². The molecule has 0 saturated heterocycles. The van der Waals surface area contributed by atoms with Gasteiger partial charge in [-0.05, 0) is 11.1 Å². The summed E-state index contributed by atoms with van der Waals surface area (Å²) >= 11 is 1.27. The molecule has 11 heavy (non-hydrogen) atoms. The van der Waals surface area contributed by atoms with Crippen LogP contribution in [0.3, 0.4) is 0 Å². The highest BCUT2D eigenvalue weighted by atomic mass is 32.2. The number of nitrogens with zero attached hydrogens (tertiary/aromatic N) is 2. The number of hydrogen-bond acceptors (Lipinski definition) is 4. The first-order valence-electron chi connectivity index (χ1n) is 3.03. The summed E-state index contributed by atoms with van der Waals surface area (Å²) in [7, 11) is 0. The lowest BCUT2D eigenvalue weighted by molar-refractivity contribution is -0.0269. The van der Waals surface area contributed by atoms with Gasteiger partial charge >= 0.3 is 0 Å². The molecule has 1 aliphatic rings. The minimum Gasteiger partial charge on any atom is -0.227 e. The van der Waals surface area contributed by atoms with Gasteiger partial charge in [0, 0.05) is 6.08 Å². The molecular formula is C5H7F2N3S. The van der Waals surface area contributed by atoms with Gasteiger partial charge in [-0.1, -0.05) is 11.4 Å². The summed E-state index contributed by atoms with van der Waals surface area (Å²) in [5.74, 6) is -0.00495. The van der Waals surface area contributed by atoms with Gasteiger partial charge < -0.3 is 0 Å². The second kappa shape index (κ2) is 3.56. The molecule has 3 nitrogen and oxygen atoms in total. The Morgan fingerprint density at radius 3 is 3.09 bits per heavy atom. The van der Waals surface area contributed by atoms with Crippen molar-refractivity contribution in [2.45, 2.75) is 6.92 Å². The van der Waals surface area contributed by atoms with Crippen molar-refractivity contribution >= 4 is 16.8 Å². The molecule has 6 heteroatoms. The fourth-order valence-electron chi connectivity index (χ4n) is 0.588. The molecule has 1 N–H and O–H groups in total. The van der Waals surface area contributed by atoms with Crippen molar-refractivity contribution in [3.05, 3.63) is 12.0 Å². The fourth-order valence-corrected chi connectivity index (χ4v) is 1.20. The smallest absolute Gasteiger partial charge is 0.211 e. The van der Waals surface area contributed by atoms with E-state index in [1.165, 1.54) is 11.8 Å². The number of nitrogens with one attached hydrogen (secondary N) is 1. The van der Waals surface area contributed by atoms with Crippen LogP contribution >= 0.6 is 11.8 Å². The molecule has 62 valence electrons. The van der Waals surface area contributed by atoms with Gasteiger partial charge in [-0.2, -0.15) is 4.39 Å². The van der Waals surface area contributed by atoms with Crippen molar-refractivity contribution < 1.29 is 8.87 Å². The van der Waals surface area contributed by atoms with Crippen LogP contribution in [0.5, 0.6) is 0 Å². The summed E-state index contributed by atoms with van der Waals surface area (Å²) < 4.78 is 24.6. The van der Waals surface area contributed by atoms with E-state index in [1.807, 2.05) is 6.92 Å². The molecule has 1 aliphatic heterocycles. The average Bonchev–Trinajstić information content (AvgIpc) is 1.85. The van der Waals surface area contributed by atoms with E-state index < -0.39 is 5.95 Å². The molecule has 0 unspecified atom stereocenters. The second-order valence-corrected chi connectivity index (χ2v) is 3.02. The molecule has 1 rings (SSSR count). The predicted octanol–water partition coefficient (Wildman–Crippen LogP) is 1.57. The minimum atomic E-state index is -0.738. The third-order valence-corrected chi connectivity index (χ3v) is 1.71. The number of thioether (sulfide) groups is 1. The maximum absolute atomic E-state index is 12.4. The summed E-state index contributed by atoms with van der Waals surface area (Å²) in [4.78, 5) is 0. The molecule has 0 spiro atoms. The largest absolute Gasteiger partial charge is 0.227 e. The molecule has 0 aromatic carbocycles. The zero-order valence-electron chi connectivity index (χ0n) is 5.84. The summed E-state index contributed by atoms with van der Waals surface area (Å²) in [5, 5.41) is 3.52. The van der Waals surface area contributed by atoms with E-state index in [-0.39, 0.29) is 5.34 Å². The van der Waals surface area contributed by atoms with Gasteiger partial charge in [0.2, 0.25) is 5.95 Å². The molecular weight excluding hydrogens is 172 g/mol. The zero-order chi connectivity index (χ0) is 8.27. The highest BCUT2D eigenvalue weighted by Gasteiger charge is 2.10. The van der Waals surface area contributed by atoms with Crippen LogP contribution in [0.4, 0.5) is 8.87 Å². The van der Waals surface area contributed by atoms with Crippen molar-refractivity contribution in [2.75, 3.05) is 5.75 Å². The van der Waals surface area contributed by atoms with Crippen molar-refractivity contribution in [2.24, 2.45) is 5.10 Å². The van der Waals surface area contributed by atoms with Crippen LogP contribution in [0.1, 0.15) is 6.92 Å². The van der Waals surface area contributed by atoms with E-state index in [0.717, 1.165) is 11.8 Å². The predicted molar refractivity (Wildman–Crippen MR) is 40.8 cm³/mol. The van der Waals surface area contributed by atoms with Crippen molar-refractivity contribution in [1.29, 1.82) is 0 Å². The Morgan fingerprint density at radius 1 is 1.82 bits per heavy atom. The molecule has 0 aliphatic carbocycles. The van der Waals surface area contributed by atoms with Crippen LogP contribution in [0.15, 0.2) is 17.1 Å². The molecule has 1 heterocycles. The third kappa shape index (κ3) is 2.38. The molecule has 0 radical (unpaired) electrons. The van der Waals surface area contributed by atoms with Gasteiger partial charge in [0.1, 0.15) is 5.04 Å². The monoisotopic (exact) mass is 179 g/mol. The number of hydrogen-bond donors (Lipinski definition) is 1. The Morgan fingerprint density at radius 2 is 2.55 bits per heavy atom. The summed E-state index contributed by atoms with van der Waals surface area (Å²) in [6.45, 7) is 1.88. The first-order chi connectivity index (χ1) is 5.22. The first-order valence-corrected chi connectivity index (χ1v) is 4.02. The van der Waals surface area contributed by atoms with Gasteiger partial charge in [0.05, 0.1) is 0 Å². The van der Waals surface area contributed by atoms with Crippen LogP contribution in [-0.2, 0) is 0 Å². The maximum atomic E-state index is 12.4. The number of hydrazone groups is 1. The first kappa shape index (κ1) is 8.32. The molecule has 0 saturated carbocycles. The lowest BCUT2D eigenvalue weighted by atomic mass is 10.6. The summed E-state index contributed by atoms with van der Waals surface area (Å²) in [6.07, 6.45) is 1.14. The molecule has 0 amide bonds. The SMILES string of the molecule is CCSC1=NN(F)NC(F)=C1. The van der Waals surface area contributed by atoms with E-state index in [4.69, 9.17) is 0 Å². The topological polar surface area (TPSA) is 27.6 Å². The highest BCUT2D eigenvalue weighted by molar-refractivity contribution is 8.14. The Bertz CT molecular complexity index is 204. The lowest BCUT2D eigenvalue weighted by Crippen LogP contribution is -2.28. The normalized spacial score (nSPS) is 17.2. The Labute approximate surface area is 67.0 Å². The Balaban J connectivity index is 2.62. The lowest BCUT2D eigenvalue weighted by Gasteiger charge is -2.13. The molecule has 0 fully saturated rings. The third-order valence-electron chi connectivity index (χ3n) is 0.928. The zero-order valence-corrected chi connectivity index (χ0v) is 6.66. The average molecular weight is 179 g/mol. The summed E-state index contributed by atoms with van der Waals surface area (Å²) in [6, 6.07) is 0. The standard InChI is InChI=1S/C5H7F2N3S/c1-2-11-5-3-4(6)8-10(7)9-5/h3,8H,2H2,1H3. The van der Waals surface area contributed by atoms with Crippen LogP contribution in [-0.4, -0.2) is 16.1 Å². The highest BCUT2D eigenvalue weighted by Crippen LogP contribution is 2.12. The summed E-state index contributed by atoms with van der Waals surface area (Å²) in [5.41, 5.74) is 1.73. The molecule has 0 aromatic rings. The van der Waals surface area contributed by atoms with Crippen LogP contribution in [0.2, 0.25) is 0 Å². The Kier molecular flexibility index (Phi) is 2.70. The number of rotatable bonds is 1. The van der Waals surface area contributed by atoms with E-state index in [1.54, 1.807) is 5.43 Å². The Hall–Kier alpha value is -0.780.